The van der Waals surface area contributed by atoms with E-state index in [1.54, 1.807) is 6.07 Å². The Morgan fingerprint density at radius 2 is 2.14 bits per heavy atom. The number of para-hydroxylation sites is 1. The van der Waals surface area contributed by atoms with Crippen LogP contribution in [-0.4, -0.2) is 40.6 Å². The van der Waals surface area contributed by atoms with E-state index in [-0.39, 0.29) is 17.7 Å². The molecule has 22 heavy (non-hydrogen) atoms. The molecule has 1 heterocycles. The van der Waals surface area contributed by atoms with E-state index in [9.17, 15) is 23.5 Å². The van der Waals surface area contributed by atoms with Gasteiger partial charge in [-0.2, -0.15) is 20.5 Å². The predicted molar refractivity (Wildman–Crippen MR) is 77.2 cm³/mol. The van der Waals surface area contributed by atoms with Crippen LogP contribution in [0.15, 0.2) is 24.3 Å². The highest BCUT2D eigenvalue weighted by Gasteiger charge is 2.43. The van der Waals surface area contributed by atoms with Gasteiger partial charge in [0.25, 0.3) is 0 Å². The van der Waals surface area contributed by atoms with Gasteiger partial charge in [-0.25, -0.2) is 4.79 Å². The number of benzene rings is 1. The van der Waals surface area contributed by atoms with E-state index >= 15 is 0 Å². The van der Waals surface area contributed by atoms with Crippen molar-refractivity contribution in [2.24, 2.45) is 0 Å². The maximum absolute atomic E-state index is 12.3. The molecule has 5 nitrogen and oxygen atoms in total. The number of nitrogens with one attached hydrogen (secondary N) is 1. The van der Waals surface area contributed by atoms with Crippen LogP contribution in [0.5, 0.6) is 5.75 Å². The number of aliphatic carboxylic acids is 1. The fraction of sp³-hybridized carbons (Fsp3) is 0.429. The van der Waals surface area contributed by atoms with Gasteiger partial charge in [0.1, 0.15) is 11.3 Å². The van der Waals surface area contributed by atoms with Crippen molar-refractivity contribution in [1.82, 2.24) is 5.32 Å². The first kappa shape index (κ1) is 16.5. The summed E-state index contributed by atoms with van der Waals surface area (Å²) in [4.78, 5) is 23.5. The fourth-order valence-electron chi connectivity index (χ4n) is 2.23. The summed E-state index contributed by atoms with van der Waals surface area (Å²) < 4.78 is 29.0. The lowest BCUT2D eigenvalue weighted by molar-refractivity contribution is -0.146. The Balaban J connectivity index is 2.07. The van der Waals surface area contributed by atoms with Crippen molar-refractivity contribution in [3.63, 3.8) is 0 Å². The Morgan fingerprint density at radius 3 is 2.73 bits per heavy atom. The molecule has 0 bridgehead atoms. The number of hydrogen-bond donors (Lipinski definition) is 2. The number of thioether (sulfide) groups is 1. The van der Waals surface area contributed by atoms with E-state index in [1.807, 2.05) is 0 Å². The van der Waals surface area contributed by atoms with Crippen LogP contribution in [0.4, 0.5) is 8.78 Å². The van der Waals surface area contributed by atoms with Crippen LogP contribution in [-0.2, 0) is 16.0 Å². The van der Waals surface area contributed by atoms with E-state index in [2.05, 4.69) is 10.1 Å². The molecule has 2 N–H and O–H groups in total. The minimum atomic E-state index is -2.99. The van der Waals surface area contributed by atoms with Crippen molar-refractivity contribution in [1.29, 1.82) is 0 Å². The van der Waals surface area contributed by atoms with Gasteiger partial charge < -0.3 is 15.2 Å². The first-order valence-electron chi connectivity index (χ1n) is 6.58. The topological polar surface area (TPSA) is 75.6 Å². The standard InChI is InChI=1S/C14H15F2NO4S/c15-13(16)21-10-4-2-1-3-9(10)7-11(18)17-14(12(19)20)5-6-22-8-14/h1-4,13H,5-8H2,(H,17,18)(H,19,20). The van der Waals surface area contributed by atoms with Gasteiger partial charge in [0.05, 0.1) is 6.42 Å². The molecule has 1 aromatic rings. The number of rotatable bonds is 6. The smallest absolute Gasteiger partial charge is 0.387 e. The van der Waals surface area contributed by atoms with Crippen molar-refractivity contribution in [3.05, 3.63) is 29.8 Å². The number of alkyl halides is 2. The normalized spacial score (nSPS) is 20.9. The number of carboxylic acids is 1. The first-order valence-corrected chi connectivity index (χ1v) is 7.73. The Labute approximate surface area is 130 Å². The minimum Gasteiger partial charge on any atom is -0.479 e. The number of hydrogen-bond acceptors (Lipinski definition) is 4. The third-order valence-electron chi connectivity index (χ3n) is 3.35. The molecule has 1 saturated heterocycles. The average molecular weight is 331 g/mol. The highest BCUT2D eigenvalue weighted by molar-refractivity contribution is 7.99. The third kappa shape index (κ3) is 3.88. The predicted octanol–water partition coefficient (Wildman–Crippen LogP) is 1.91. The first-order chi connectivity index (χ1) is 10.4. The Hall–Kier alpha value is -1.83. The fourth-order valence-corrected chi connectivity index (χ4v) is 3.56. The van der Waals surface area contributed by atoms with Crippen molar-refractivity contribution < 1.29 is 28.2 Å². The number of carboxylic acid groups (broad SMARTS) is 1. The lowest BCUT2D eigenvalue weighted by Gasteiger charge is -2.24. The molecule has 8 heteroatoms. The maximum Gasteiger partial charge on any atom is 0.387 e. The zero-order valence-electron chi connectivity index (χ0n) is 11.6. The van der Waals surface area contributed by atoms with Gasteiger partial charge in [-0.05, 0) is 18.2 Å². The Bertz CT molecular complexity index is 562. The van der Waals surface area contributed by atoms with Crippen LogP contribution in [0.25, 0.3) is 0 Å². The second-order valence-electron chi connectivity index (χ2n) is 4.90. The highest BCUT2D eigenvalue weighted by atomic mass is 32.2. The summed E-state index contributed by atoms with van der Waals surface area (Å²) in [6.45, 7) is -2.99. The molecule has 0 aliphatic carbocycles. The van der Waals surface area contributed by atoms with Crippen LogP contribution in [0.1, 0.15) is 12.0 Å². The quantitative estimate of drug-likeness (QED) is 0.833. The lowest BCUT2D eigenvalue weighted by Crippen LogP contribution is -2.55. The van der Waals surface area contributed by atoms with Gasteiger partial charge >= 0.3 is 12.6 Å². The summed E-state index contributed by atoms with van der Waals surface area (Å²) in [7, 11) is 0. The summed E-state index contributed by atoms with van der Waals surface area (Å²) in [6, 6.07) is 5.95. The number of carbonyl (C=O) groups is 2. The molecule has 1 atom stereocenters. The van der Waals surface area contributed by atoms with Crippen LogP contribution >= 0.6 is 11.8 Å². The molecule has 2 rings (SSSR count). The molecule has 1 unspecified atom stereocenters. The average Bonchev–Trinajstić information content (AvgIpc) is 2.90. The molecular formula is C14H15F2NO4S. The summed E-state index contributed by atoms with van der Waals surface area (Å²) in [6.07, 6.45) is 0.122. The van der Waals surface area contributed by atoms with Crippen LogP contribution in [0, 0.1) is 0 Å². The number of carbonyl (C=O) groups excluding carboxylic acids is 1. The number of ether oxygens (including phenoxy) is 1. The molecular weight excluding hydrogens is 316 g/mol. The summed E-state index contributed by atoms with van der Waals surface area (Å²) >= 11 is 1.45. The van der Waals surface area contributed by atoms with Crippen molar-refractivity contribution in [2.45, 2.75) is 25.0 Å². The highest BCUT2D eigenvalue weighted by Crippen LogP contribution is 2.29. The molecule has 0 radical (unpaired) electrons. The van der Waals surface area contributed by atoms with E-state index < -0.39 is 24.0 Å². The third-order valence-corrected chi connectivity index (χ3v) is 4.54. The number of halogens is 2. The molecule has 1 aromatic carbocycles. The monoisotopic (exact) mass is 331 g/mol. The molecule has 120 valence electrons. The van der Waals surface area contributed by atoms with Crippen LogP contribution in [0.2, 0.25) is 0 Å². The summed E-state index contributed by atoms with van der Waals surface area (Å²) in [5, 5.41) is 11.8. The molecule has 1 aliphatic rings. The molecule has 1 fully saturated rings. The second kappa shape index (κ2) is 6.95. The van der Waals surface area contributed by atoms with Crippen molar-refractivity contribution in [2.75, 3.05) is 11.5 Å². The SMILES string of the molecule is O=C(Cc1ccccc1OC(F)F)NC1(C(=O)O)CCSC1. The van der Waals surface area contributed by atoms with Crippen molar-refractivity contribution in [3.8, 4) is 5.75 Å². The van der Waals surface area contributed by atoms with Gasteiger partial charge in [0, 0.05) is 11.3 Å². The van der Waals surface area contributed by atoms with Gasteiger partial charge in [0.2, 0.25) is 5.91 Å². The van der Waals surface area contributed by atoms with E-state index in [1.165, 1.54) is 30.0 Å². The largest absolute Gasteiger partial charge is 0.479 e. The minimum absolute atomic E-state index is 0.0854. The number of amides is 1. The van der Waals surface area contributed by atoms with Crippen molar-refractivity contribution >= 4 is 23.6 Å². The Kier molecular flexibility index (Phi) is 5.23. The van der Waals surface area contributed by atoms with Gasteiger partial charge in [-0.3, -0.25) is 4.79 Å². The molecule has 0 aromatic heterocycles. The van der Waals surface area contributed by atoms with E-state index in [0.29, 0.717) is 17.9 Å². The maximum atomic E-state index is 12.3. The zero-order chi connectivity index (χ0) is 16.2. The zero-order valence-corrected chi connectivity index (χ0v) is 12.4. The lowest BCUT2D eigenvalue weighted by atomic mass is 9.98. The van der Waals surface area contributed by atoms with E-state index in [4.69, 9.17) is 0 Å². The summed E-state index contributed by atoms with van der Waals surface area (Å²) in [5.74, 6) is -0.753. The van der Waals surface area contributed by atoms with Crippen LogP contribution in [0.3, 0.4) is 0 Å². The van der Waals surface area contributed by atoms with Gasteiger partial charge in [-0.15, -0.1) is 0 Å². The van der Waals surface area contributed by atoms with E-state index in [0.717, 1.165) is 0 Å². The summed E-state index contributed by atoms with van der Waals surface area (Å²) in [5.41, 5.74) is -0.994. The molecule has 1 aliphatic heterocycles. The van der Waals surface area contributed by atoms with Gasteiger partial charge in [0.15, 0.2) is 0 Å². The van der Waals surface area contributed by atoms with Crippen LogP contribution < -0.4 is 10.1 Å². The molecule has 0 saturated carbocycles. The molecule has 0 spiro atoms. The second-order valence-corrected chi connectivity index (χ2v) is 6.01. The van der Waals surface area contributed by atoms with Gasteiger partial charge in [-0.1, -0.05) is 18.2 Å². The Morgan fingerprint density at radius 1 is 1.41 bits per heavy atom. The molecule has 1 amide bonds.